The highest BCUT2D eigenvalue weighted by atomic mass is 19.1. The van der Waals surface area contributed by atoms with Crippen LogP contribution in [-0.2, 0) is 0 Å². The molecule has 4 aromatic heterocycles. The van der Waals surface area contributed by atoms with Gasteiger partial charge in [0, 0.05) is 61.8 Å². The van der Waals surface area contributed by atoms with Crippen molar-refractivity contribution in [2.24, 2.45) is 0 Å². The molecule has 0 atom stereocenters. The monoisotopic (exact) mass is 474 g/mol. The fourth-order valence-electron chi connectivity index (χ4n) is 4.18. The predicted octanol–water partition coefficient (Wildman–Crippen LogP) is 3.74. The SMILES string of the molecule is CC(C)n1cc(-c2nc(Nc3ccc(C(=O)N4CCN(C)CC4)cn3)ncc2F)c2cccnc21. The van der Waals surface area contributed by atoms with Crippen molar-refractivity contribution in [3.63, 3.8) is 0 Å². The number of pyridine rings is 2. The summed E-state index contributed by atoms with van der Waals surface area (Å²) in [6, 6.07) is 7.30. The molecule has 0 saturated carbocycles. The van der Waals surface area contributed by atoms with E-state index in [1.807, 2.05) is 48.7 Å². The molecule has 10 heteroatoms. The zero-order valence-electron chi connectivity index (χ0n) is 19.9. The summed E-state index contributed by atoms with van der Waals surface area (Å²) in [5.74, 6) is 0.112. The molecule has 0 spiro atoms. The van der Waals surface area contributed by atoms with Gasteiger partial charge < -0.3 is 19.7 Å². The first-order valence-corrected chi connectivity index (χ1v) is 11.6. The van der Waals surface area contributed by atoms with E-state index in [1.165, 1.54) is 6.20 Å². The van der Waals surface area contributed by atoms with Gasteiger partial charge in [-0.3, -0.25) is 4.79 Å². The molecule has 1 N–H and O–H groups in total. The highest BCUT2D eigenvalue weighted by Crippen LogP contribution is 2.32. The van der Waals surface area contributed by atoms with Crippen molar-refractivity contribution in [2.75, 3.05) is 38.5 Å². The van der Waals surface area contributed by atoms with E-state index in [9.17, 15) is 9.18 Å². The third-order valence-corrected chi connectivity index (χ3v) is 6.19. The molecule has 9 nitrogen and oxygen atoms in total. The quantitative estimate of drug-likeness (QED) is 0.471. The van der Waals surface area contributed by atoms with Crippen LogP contribution in [0.4, 0.5) is 16.2 Å². The topological polar surface area (TPSA) is 92.1 Å². The minimum Gasteiger partial charge on any atom is -0.336 e. The van der Waals surface area contributed by atoms with Crippen molar-refractivity contribution in [3.05, 3.63) is 60.4 Å². The molecule has 0 bridgehead atoms. The van der Waals surface area contributed by atoms with E-state index in [2.05, 4.69) is 30.2 Å². The number of nitrogens with one attached hydrogen (secondary N) is 1. The van der Waals surface area contributed by atoms with E-state index >= 15 is 0 Å². The second kappa shape index (κ2) is 9.38. The zero-order valence-corrected chi connectivity index (χ0v) is 19.9. The fourth-order valence-corrected chi connectivity index (χ4v) is 4.18. The smallest absolute Gasteiger partial charge is 0.255 e. The molecule has 180 valence electrons. The number of amides is 1. The van der Waals surface area contributed by atoms with E-state index in [4.69, 9.17) is 0 Å². The van der Waals surface area contributed by atoms with Crippen LogP contribution in [0.15, 0.2) is 49.1 Å². The van der Waals surface area contributed by atoms with E-state index in [0.717, 1.165) is 30.3 Å². The number of aromatic nitrogens is 5. The maximum absolute atomic E-state index is 14.8. The highest BCUT2D eigenvalue weighted by molar-refractivity contribution is 5.94. The van der Waals surface area contributed by atoms with Crippen LogP contribution < -0.4 is 5.32 Å². The fraction of sp³-hybridized carbons (Fsp3) is 0.320. The molecule has 5 heterocycles. The minimum absolute atomic E-state index is 0.0346. The van der Waals surface area contributed by atoms with Crippen LogP contribution in [0.2, 0.25) is 0 Å². The molecule has 0 aromatic carbocycles. The average molecular weight is 475 g/mol. The number of nitrogens with zero attached hydrogens (tertiary/aromatic N) is 7. The predicted molar refractivity (Wildman–Crippen MR) is 132 cm³/mol. The Morgan fingerprint density at radius 1 is 1.06 bits per heavy atom. The number of carbonyl (C=O) groups is 1. The van der Waals surface area contributed by atoms with Crippen LogP contribution in [0, 0.1) is 5.82 Å². The first-order chi connectivity index (χ1) is 16.9. The van der Waals surface area contributed by atoms with Gasteiger partial charge in [0.2, 0.25) is 5.95 Å². The van der Waals surface area contributed by atoms with Crippen LogP contribution in [0.25, 0.3) is 22.3 Å². The number of likely N-dealkylation sites (N-methyl/N-ethyl adjacent to an activating group) is 1. The normalized spacial score (nSPS) is 14.6. The van der Waals surface area contributed by atoms with E-state index < -0.39 is 5.82 Å². The van der Waals surface area contributed by atoms with Gasteiger partial charge in [0.25, 0.3) is 5.91 Å². The number of rotatable bonds is 5. The van der Waals surface area contributed by atoms with Crippen molar-refractivity contribution >= 4 is 28.7 Å². The minimum atomic E-state index is -0.525. The second-order valence-electron chi connectivity index (χ2n) is 8.96. The summed E-state index contributed by atoms with van der Waals surface area (Å²) in [4.78, 5) is 34.1. The molecule has 0 unspecified atom stereocenters. The Kier molecular flexibility index (Phi) is 6.12. The average Bonchev–Trinajstić information content (AvgIpc) is 3.26. The maximum Gasteiger partial charge on any atom is 0.255 e. The van der Waals surface area contributed by atoms with Crippen LogP contribution in [0.1, 0.15) is 30.2 Å². The number of halogens is 1. The maximum atomic E-state index is 14.8. The number of piperazine rings is 1. The van der Waals surface area contributed by atoms with E-state index in [0.29, 0.717) is 30.0 Å². The summed E-state index contributed by atoms with van der Waals surface area (Å²) in [6.45, 7) is 7.20. The lowest BCUT2D eigenvalue weighted by Crippen LogP contribution is -2.47. The van der Waals surface area contributed by atoms with Gasteiger partial charge in [-0.15, -0.1) is 0 Å². The van der Waals surface area contributed by atoms with Crippen LogP contribution in [0.3, 0.4) is 0 Å². The zero-order chi connectivity index (χ0) is 24.5. The standard InChI is InChI=1S/C25H27FN8O/c1-16(2)34-15-19(18-5-4-8-27-23(18)34)22-20(26)14-29-25(31-22)30-21-7-6-17(13-28-21)24(35)33-11-9-32(3)10-12-33/h4-8,13-16H,9-12H2,1-3H3,(H,28,29,30,31). The Balaban J connectivity index is 1.38. The third kappa shape index (κ3) is 4.57. The summed E-state index contributed by atoms with van der Waals surface area (Å²) >= 11 is 0. The molecule has 0 radical (unpaired) electrons. The van der Waals surface area contributed by atoms with Crippen LogP contribution in [0.5, 0.6) is 0 Å². The Bertz CT molecular complexity index is 1360. The highest BCUT2D eigenvalue weighted by Gasteiger charge is 2.21. The molecule has 1 aliphatic heterocycles. The first-order valence-electron chi connectivity index (χ1n) is 11.6. The number of fused-ring (bicyclic) bond motifs is 1. The molecule has 5 rings (SSSR count). The molecule has 1 aliphatic rings. The van der Waals surface area contributed by atoms with Crippen molar-refractivity contribution in [1.29, 1.82) is 0 Å². The van der Waals surface area contributed by atoms with Crippen molar-refractivity contribution in [1.82, 2.24) is 34.3 Å². The molecule has 35 heavy (non-hydrogen) atoms. The lowest BCUT2D eigenvalue weighted by molar-refractivity contribution is 0.0663. The van der Waals surface area contributed by atoms with E-state index in [1.54, 1.807) is 18.3 Å². The Hall–Kier alpha value is -3.92. The molecular weight excluding hydrogens is 447 g/mol. The summed E-state index contributed by atoms with van der Waals surface area (Å²) in [5, 5.41) is 3.83. The summed E-state index contributed by atoms with van der Waals surface area (Å²) in [5.41, 5.74) is 2.12. The van der Waals surface area contributed by atoms with Gasteiger partial charge in [0.15, 0.2) is 5.82 Å². The largest absolute Gasteiger partial charge is 0.336 e. The summed E-state index contributed by atoms with van der Waals surface area (Å²) in [6.07, 6.45) is 6.27. The van der Waals surface area contributed by atoms with Gasteiger partial charge in [0.05, 0.1) is 11.8 Å². The summed E-state index contributed by atoms with van der Waals surface area (Å²) < 4.78 is 16.8. The molecule has 1 saturated heterocycles. The number of hydrogen-bond donors (Lipinski definition) is 1. The van der Waals surface area contributed by atoms with Crippen LogP contribution >= 0.6 is 0 Å². The number of hydrogen-bond acceptors (Lipinski definition) is 7. The van der Waals surface area contributed by atoms with Crippen molar-refractivity contribution in [2.45, 2.75) is 19.9 Å². The van der Waals surface area contributed by atoms with Gasteiger partial charge in [-0.2, -0.15) is 0 Å². The van der Waals surface area contributed by atoms with Gasteiger partial charge in [-0.1, -0.05) is 0 Å². The van der Waals surface area contributed by atoms with Gasteiger partial charge in [0.1, 0.15) is 17.2 Å². The molecule has 1 amide bonds. The first kappa shape index (κ1) is 22.9. The Labute approximate surface area is 202 Å². The molecule has 4 aromatic rings. The Morgan fingerprint density at radius 2 is 1.86 bits per heavy atom. The summed E-state index contributed by atoms with van der Waals surface area (Å²) in [7, 11) is 2.05. The molecule has 1 fully saturated rings. The number of carbonyl (C=O) groups excluding carboxylic acids is 1. The molecule has 0 aliphatic carbocycles. The van der Waals surface area contributed by atoms with Crippen molar-refractivity contribution in [3.8, 4) is 11.3 Å². The van der Waals surface area contributed by atoms with Gasteiger partial charge >= 0.3 is 0 Å². The Morgan fingerprint density at radius 3 is 2.57 bits per heavy atom. The van der Waals surface area contributed by atoms with Crippen LogP contribution in [-0.4, -0.2) is 73.4 Å². The van der Waals surface area contributed by atoms with Gasteiger partial charge in [-0.25, -0.2) is 24.3 Å². The lowest BCUT2D eigenvalue weighted by atomic mass is 10.1. The second-order valence-corrected chi connectivity index (χ2v) is 8.96. The van der Waals surface area contributed by atoms with Gasteiger partial charge in [-0.05, 0) is 45.2 Å². The molecular formula is C25H27FN8O. The lowest BCUT2D eigenvalue weighted by Gasteiger charge is -2.32. The third-order valence-electron chi connectivity index (χ3n) is 6.19. The van der Waals surface area contributed by atoms with Crippen molar-refractivity contribution < 1.29 is 9.18 Å². The number of anilines is 2. The van der Waals surface area contributed by atoms with E-state index in [-0.39, 0.29) is 23.6 Å².